The Kier molecular flexibility index (Phi) is 5.13. The van der Waals surface area contributed by atoms with Crippen LogP contribution in [0.3, 0.4) is 0 Å². The summed E-state index contributed by atoms with van der Waals surface area (Å²) >= 11 is 0. The minimum atomic E-state index is -0.780. The first kappa shape index (κ1) is 19.7. The van der Waals surface area contributed by atoms with Crippen molar-refractivity contribution in [2.45, 2.75) is 58.0 Å². The average molecular weight is 410 g/mol. The number of fused-ring (bicyclic) bond motifs is 5. The van der Waals surface area contributed by atoms with Crippen molar-refractivity contribution in [1.82, 2.24) is 9.80 Å². The largest absolute Gasteiger partial charge is 0.324 e. The van der Waals surface area contributed by atoms with Crippen LogP contribution in [0.25, 0.3) is 0 Å². The van der Waals surface area contributed by atoms with Gasteiger partial charge in [0.2, 0.25) is 17.7 Å². The van der Waals surface area contributed by atoms with Gasteiger partial charge in [-0.1, -0.05) is 24.6 Å². The number of carbonyl (C=O) groups excluding carboxylic acids is 3. The first-order valence-corrected chi connectivity index (χ1v) is 11.5. The van der Waals surface area contributed by atoms with E-state index < -0.39 is 6.04 Å². The van der Waals surface area contributed by atoms with Crippen LogP contribution in [0.5, 0.6) is 0 Å². The molecule has 0 spiro atoms. The molecule has 1 aromatic rings. The molecule has 2 aliphatic carbocycles. The number of amides is 3. The van der Waals surface area contributed by atoms with Crippen molar-refractivity contribution in [2.75, 3.05) is 18.4 Å². The van der Waals surface area contributed by atoms with E-state index in [1.165, 1.54) is 24.2 Å². The summed E-state index contributed by atoms with van der Waals surface area (Å²) < 4.78 is 0. The second-order valence-corrected chi connectivity index (χ2v) is 9.59. The van der Waals surface area contributed by atoms with Gasteiger partial charge in [-0.15, -0.1) is 0 Å². The number of piperidine rings is 1. The Morgan fingerprint density at radius 1 is 1.03 bits per heavy atom. The van der Waals surface area contributed by atoms with Crippen molar-refractivity contribution in [1.29, 1.82) is 0 Å². The second kappa shape index (κ2) is 7.80. The Morgan fingerprint density at radius 2 is 1.67 bits per heavy atom. The molecule has 2 aliphatic heterocycles. The summed E-state index contributed by atoms with van der Waals surface area (Å²) in [5.41, 5.74) is 1.85. The number of para-hydroxylation sites is 1. The Labute approximate surface area is 178 Å². The maximum atomic E-state index is 13.1. The number of carbonyl (C=O) groups is 3. The summed E-state index contributed by atoms with van der Waals surface area (Å²) in [6, 6.07) is 7.07. The second-order valence-electron chi connectivity index (χ2n) is 9.59. The normalized spacial score (nSPS) is 31.8. The number of hydrogen-bond donors (Lipinski definition) is 1. The number of likely N-dealkylation sites (tertiary alicyclic amines) is 2. The van der Waals surface area contributed by atoms with Gasteiger partial charge in [0.05, 0.1) is 11.8 Å². The first-order valence-electron chi connectivity index (χ1n) is 11.5. The number of hydrogen-bond acceptors (Lipinski definition) is 4. The first-order chi connectivity index (χ1) is 14.5. The van der Waals surface area contributed by atoms with Crippen molar-refractivity contribution in [3.63, 3.8) is 0 Å². The lowest BCUT2D eigenvalue weighted by Crippen LogP contribution is -2.46. The highest BCUT2D eigenvalue weighted by Gasteiger charge is 2.62. The molecule has 4 fully saturated rings. The van der Waals surface area contributed by atoms with Crippen molar-refractivity contribution in [3.05, 3.63) is 29.8 Å². The molecule has 6 nitrogen and oxygen atoms in total. The summed E-state index contributed by atoms with van der Waals surface area (Å²) in [5.74, 6) is -0.224. The number of rotatable bonds is 5. The Balaban J connectivity index is 1.29. The standard InChI is InChI=1S/C24H31N3O3/c1-15(27-23(29)20-16-9-10-17(13-16)21(20)24(27)30)22(28)25-19-8-4-3-7-18(19)14-26-11-5-2-6-12-26/h3-4,7-8,15-17,20-21H,2,5-6,9-14H2,1H3,(H,25,28)/t15-,16+,17+,20-,21-/m1/s1. The van der Waals surface area contributed by atoms with Gasteiger partial charge >= 0.3 is 0 Å². The zero-order chi connectivity index (χ0) is 20.8. The van der Waals surface area contributed by atoms with Crippen molar-refractivity contribution >= 4 is 23.4 Å². The minimum absolute atomic E-state index is 0.124. The molecule has 1 N–H and O–H groups in total. The monoisotopic (exact) mass is 409 g/mol. The molecule has 2 saturated heterocycles. The zero-order valence-corrected chi connectivity index (χ0v) is 17.7. The van der Waals surface area contributed by atoms with Gasteiger partial charge in [-0.2, -0.15) is 0 Å². The Bertz CT molecular complexity index is 835. The molecule has 6 heteroatoms. The molecular weight excluding hydrogens is 378 g/mol. The van der Waals surface area contributed by atoms with Crippen LogP contribution < -0.4 is 5.32 Å². The highest BCUT2D eigenvalue weighted by molar-refractivity contribution is 6.10. The third-order valence-electron chi connectivity index (χ3n) is 7.85. The van der Waals surface area contributed by atoms with E-state index >= 15 is 0 Å². The summed E-state index contributed by atoms with van der Waals surface area (Å²) in [4.78, 5) is 42.8. The highest BCUT2D eigenvalue weighted by atomic mass is 16.2. The zero-order valence-electron chi connectivity index (χ0n) is 17.7. The molecule has 4 aliphatic rings. The van der Waals surface area contributed by atoms with Crippen LogP contribution in [-0.4, -0.2) is 46.7 Å². The number of anilines is 1. The lowest BCUT2D eigenvalue weighted by Gasteiger charge is -2.28. The number of nitrogens with zero attached hydrogens (tertiary/aromatic N) is 2. The van der Waals surface area contributed by atoms with Gasteiger partial charge in [-0.05, 0) is 75.6 Å². The Hall–Kier alpha value is -2.21. The lowest BCUT2D eigenvalue weighted by atomic mass is 9.81. The summed E-state index contributed by atoms with van der Waals surface area (Å²) in [6.07, 6.45) is 6.81. The summed E-state index contributed by atoms with van der Waals surface area (Å²) in [7, 11) is 0. The third kappa shape index (κ3) is 3.25. The van der Waals surface area contributed by atoms with E-state index in [1.807, 2.05) is 24.3 Å². The quantitative estimate of drug-likeness (QED) is 0.759. The fourth-order valence-electron chi connectivity index (χ4n) is 6.31. The van der Waals surface area contributed by atoms with Crippen LogP contribution >= 0.6 is 0 Å². The van der Waals surface area contributed by atoms with E-state index in [0.29, 0.717) is 11.8 Å². The third-order valence-corrected chi connectivity index (χ3v) is 7.85. The van der Waals surface area contributed by atoms with Gasteiger partial charge < -0.3 is 5.32 Å². The van der Waals surface area contributed by atoms with Crippen molar-refractivity contribution in [3.8, 4) is 0 Å². The van der Waals surface area contributed by atoms with E-state index in [-0.39, 0.29) is 29.6 Å². The van der Waals surface area contributed by atoms with Gasteiger partial charge in [-0.25, -0.2) is 0 Å². The van der Waals surface area contributed by atoms with Crippen molar-refractivity contribution < 1.29 is 14.4 Å². The van der Waals surface area contributed by atoms with Gasteiger partial charge in [0.15, 0.2) is 0 Å². The molecule has 0 radical (unpaired) electrons. The van der Waals surface area contributed by atoms with E-state index in [2.05, 4.69) is 10.2 Å². The molecule has 30 heavy (non-hydrogen) atoms. The average Bonchev–Trinajstić information content (AvgIpc) is 3.43. The van der Waals surface area contributed by atoms with Crippen molar-refractivity contribution in [2.24, 2.45) is 23.7 Å². The highest BCUT2D eigenvalue weighted by Crippen LogP contribution is 2.56. The molecule has 2 heterocycles. The van der Waals surface area contributed by atoms with Gasteiger partial charge in [-0.3, -0.25) is 24.2 Å². The summed E-state index contributed by atoms with van der Waals surface area (Å²) in [5, 5.41) is 3.01. The van der Waals surface area contributed by atoms with E-state index in [4.69, 9.17) is 0 Å². The maximum Gasteiger partial charge on any atom is 0.247 e. The topological polar surface area (TPSA) is 69.7 Å². The van der Waals surface area contributed by atoms with Crippen LogP contribution in [0.4, 0.5) is 5.69 Å². The maximum absolute atomic E-state index is 13.1. The predicted molar refractivity (Wildman–Crippen MR) is 113 cm³/mol. The van der Waals surface area contributed by atoms with Crippen LogP contribution in [0.15, 0.2) is 24.3 Å². The molecule has 2 saturated carbocycles. The Morgan fingerprint density at radius 3 is 2.33 bits per heavy atom. The molecule has 0 unspecified atom stereocenters. The minimum Gasteiger partial charge on any atom is -0.324 e. The smallest absolute Gasteiger partial charge is 0.247 e. The number of nitrogens with one attached hydrogen (secondary N) is 1. The molecule has 1 aromatic carbocycles. The molecule has 2 bridgehead atoms. The lowest BCUT2D eigenvalue weighted by molar-refractivity contribution is -0.146. The van der Waals surface area contributed by atoms with E-state index in [1.54, 1.807) is 6.92 Å². The molecule has 3 amide bonds. The molecule has 160 valence electrons. The van der Waals surface area contributed by atoms with Crippen LogP contribution in [0.1, 0.15) is 51.0 Å². The number of imide groups is 1. The van der Waals surface area contributed by atoms with Crippen LogP contribution in [0, 0.1) is 23.7 Å². The fourth-order valence-corrected chi connectivity index (χ4v) is 6.31. The van der Waals surface area contributed by atoms with Crippen LogP contribution in [0.2, 0.25) is 0 Å². The van der Waals surface area contributed by atoms with Crippen LogP contribution in [-0.2, 0) is 20.9 Å². The molecule has 5 rings (SSSR count). The molecule has 0 aromatic heterocycles. The molecule has 5 atom stereocenters. The van der Waals surface area contributed by atoms with E-state index in [9.17, 15) is 14.4 Å². The molecular formula is C24H31N3O3. The van der Waals surface area contributed by atoms with Gasteiger partial charge in [0.25, 0.3) is 0 Å². The summed E-state index contributed by atoms with van der Waals surface area (Å²) in [6.45, 7) is 4.66. The van der Waals surface area contributed by atoms with E-state index in [0.717, 1.165) is 50.1 Å². The van der Waals surface area contributed by atoms with Gasteiger partial charge in [0.1, 0.15) is 6.04 Å². The predicted octanol–water partition coefficient (Wildman–Crippen LogP) is 3.03. The fraction of sp³-hybridized carbons (Fsp3) is 0.625. The SMILES string of the molecule is C[C@H](C(=O)Nc1ccccc1CN1CCCCC1)N1C(=O)[C@@H]2[C@H]3CC[C@@H](C3)[C@H]2C1=O. The van der Waals surface area contributed by atoms with Gasteiger partial charge in [0, 0.05) is 12.2 Å². The number of benzene rings is 1.